The average Bonchev–Trinajstić information content (AvgIpc) is 2.13. The quantitative estimate of drug-likeness (QED) is 0.749. The topological polar surface area (TPSA) is 26.0 Å². The van der Waals surface area contributed by atoms with Crippen molar-refractivity contribution in [2.45, 2.75) is 32.6 Å². The van der Waals surface area contributed by atoms with E-state index >= 15 is 0 Å². The Kier molecular flexibility index (Phi) is 6.13. The Morgan fingerprint density at radius 3 is 2.29 bits per heavy atom. The molecule has 0 atom stereocenters. The number of benzene rings is 1. The van der Waals surface area contributed by atoms with E-state index in [1.54, 1.807) is 0 Å². The first kappa shape index (κ1) is 13.1. The number of aryl methyl sites for hydroxylation is 2. The summed E-state index contributed by atoms with van der Waals surface area (Å²) in [5.74, 6) is 0. The van der Waals surface area contributed by atoms with E-state index in [0.717, 1.165) is 0 Å². The summed E-state index contributed by atoms with van der Waals surface area (Å²) in [7, 11) is 0. The molecular formula is C12H19NS. The number of hydrogen-bond acceptors (Lipinski definition) is 2. The van der Waals surface area contributed by atoms with Crippen LogP contribution in [-0.4, -0.2) is 0 Å². The Morgan fingerprint density at radius 1 is 1.29 bits per heavy atom. The molecule has 1 rings (SSSR count). The molecule has 0 fully saturated rings. The lowest BCUT2D eigenvalue weighted by atomic mass is 10.2. The molecule has 2 N–H and O–H groups in total. The fourth-order valence-electron chi connectivity index (χ4n) is 1.06. The second kappa shape index (κ2) is 6.55. The van der Waals surface area contributed by atoms with Crippen LogP contribution >= 0.6 is 11.8 Å². The smallest absolute Gasteiger partial charge is 0.0630 e. The molecule has 0 amide bonds. The third-order valence-corrected chi connectivity index (χ3v) is 2.51. The van der Waals surface area contributed by atoms with Crippen molar-refractivity contribution in [2.24, 2.45) is 5.73 Å². The van der Waals surface area contributed by atoms with Gasteiger partial charge >= 0.3 is 0 Å². The van der Waals surface area contributed by atoms with Crippen molar-refractivity contribution in [3.63, 3.8) is 0 Å². The minimum atomic E-state index is 0.641. The van der Waals surface area contributed by atoms with Crippen LogP contribution in [0, 0.1) is 13.8 Å². The second-order valence-corrected chi connectivity index (χ2v) is 4.01. The summed E-state index contributed by atoms with van der Waals surface area (Å²) in [6.45, 7) is 11.8. The zero-order chi connectivity index (χ0) is 11.1. The van der Waals surface area contributed by atoms with Gasteiger partial charge in [0.05, 0.1) is 5.03 Å². The van der Waals surface area contributed by atoms with Crippen molar-refractivity contribution in [2.75, 3.05) is 0 Å². The fraction of sp³-hybridized carbons (Fsp3) is 0.333. The first-order valence-electron chi connectivity index (χ1n) is 4.79. The van der Waals surface area contributed by atoms with Crippen LogP contribution < -0.4 is 5.73 Å². The van der Waals surface area contributed by atoms with Gasteiger partial charge in [0, 0.05) is 4.90 Å². The van der Waals surface area contributed by atoms with Gasteiger partial charge in [-0.15, -0.1) is 0 Å². The van der Waals surface area contributed by atoms with E-state index in [1.807, 2.05) is 13.8 Å². The highest BCUT2D eigenvalue weighted by atomic mass is 32.2. The predicted molar refractivity (Wildman–Crippen MR) is 66.4 cm³/mol. The fourth-order valence-corrected chi connectivity index (χ4v) is 1.69. The van der Waals surface area contributed by atoms with Crippen molar-refractivity contribution in [1.82, 2.24) is 0 Å². The van der Waals surface area contributed by atoms with Gasteiger partial charge in [0.2, 0.25) is 0 Å². The van der Waals surface area contributed by atoms with Gasteiger partial charge in [-0.1, -0.05) is 49.9 Å². The summed E-state index contributed by atoms with van der Waals surface area (Å²) >= 11 is 1.52. The summed E-state index contributed by atoms with van der Waals surface area (Å²) in [6, 6.07) is 6.30. The average molecular weight is 209 g/mol. The lowest BCUT2D eigenvalue weighted by Crippen LogP contribution is -1.90. The highest BCUT2D eigenvalue weighted by Crippen LogP contribution is 2.25. The zero-order valence-corrected chi connectivity index (χ0v) is 10.2. The van der Waals surface area contributed by atoms with Crippen LogP contribution in [0.25, 0.3) is 0 Å². The van der Waals surface area contributed by atoms with Gasteiger partial charge in [-0.25, -0.2) is 0 Å². The molecule has 0 aliphatic heterocycles. The van der Waals surface area contributed by atoms with E-state index in [1.165, 1.54) is 27.8 Å². The molecule has 0 saturated heterocycles. The van der Waals surface area contributed by atoms with Gasteiger partial charge in [-0.3, -0.25) is 0 Å². The van der Waals surface area contributed by atoms with Crippen LogP contribution in [-0.2, 0) is 0 Å². The SMILES string of the molecule is C=C(N)Sc1ccc(C)cc1C.CC. The third kappa shape index (κ3) is 4.38. The molecule has 1 aromatic carbocycles. The maximum atomic E-state index is 5.50. The third-order valence-electron chi connectivity index (χ3n) is 1.57. The summed E-state index contributed by atoms with van der Waals surface area (Å²) in [5.41, 5.74) is 8.03. The summed E-state index contributed by atoms with van der Waals surface area (Å²) in [6.07, 6.45) is 0. The first-order chi connectivity index (χ1) is 6.59. The van der Waals surface area contributed by atoms with Crippen molar-refractivity contribution in [1.29, 1.82) is 0 Å². The Balaban J connectivity index is 0.000000791. The van der Waals surface area contributed by atoms with Crippen LogP contribution in [0.1, 0.15) is 25.0 Å². The van der Waals surface area contributed by atoms with Crippen molar-refractivity contribution < 1.29 is 0 Å². The minimum Gasteiger partial charge on any atom is -0.394 e. The van der Waals surface area contributed by atoms with Crippen LogP contribution in [0.4, 0.5) is 0 Å². The minimum absolute atomic E-state index is 0.641. The van der Waals surface area contributed by atoms with Gasteiger partial charge in [0.15, 0.2) is 0 Å². The molecule has 78 valence electrons. The van der Waals surface area contributed by atoms with Gasteiger partial charge < -0.3 is 5.73 Å². The van der Waals surface area contributed by atoms with Crippen LogP contribution in [0.3, 0.4) is 0 Å². The van der Waals surface area contributed by atoms with Crippen molar-refractivity contribution in [3.8, 4) is 0 Å². The molecule has 2 heteroatoms. The van der Waals surface area contributed by atoms with E-state index in [4.69, 9.17) is 5.73 Å². The predicted octanol–water partition coefficient (Wildman–Crippen LogP) is 3.85. The second-order valence-electron chi connectivity index (χ2n) is 2.84. The standard InChI is InChI=1S/C10H13NS.C2H6/c1-7-4-5-10(8(2)6-7)12-9(3)11;1-2/h4-6H,3,11H2,1-2H3;1-2H3. The monoisotopic (exact) mass is 209 g/mol. The van der Waals surface area contributed by atoms with Crippen molar-refractivity contribution >= 4 is 11.8 Å². The highest BCUT2D eigenvalue weighted by molar-refractivity contribution is 8.03. The molecule has 1 aromatic rings. The normalized spacial score (nSPS) is 8.86. The Morgan fingerprint density at radius 2 is 1.86 bits per heavy atom. The van der Waals surface area contributed by atoms with E-state index in [2.05, 4.69) is 38.6 Å². The maximum Gasteiger partial charge on any atom is 0.0630 e. The van der Waals surface area contributed by atoms with Crippen LogP contribution in [0.5, 0.6) is 0 Å². The maximum absolute atomic E-state index is 5.50. The lowest BCUT2D eigenvalue weighted by molar-refractivity contribution is 1.26. The number of nitrogens with two attached hydrogens (primary N) is 1. The zero-order valence-electron chi connectivity index (χ0n) is 9.42. The molecule has 0 aliphatic carbocycles. The van der Waals surface area contributed by atoms with Gasteiger partial charge in [-0.05, 0) is 25.5 Å². The molecule has 0 aliphatic rings. The first-order valence-corrected chi connectivity index (χ1v) is 5.61. The molecule has 14 heavy (non-hydrogen) atoms. The van der Waals surface area contributed by atoms with Gasteiger partial charge in [0.1, 0.15) is 0 Å². The van der Waals surface area contributed by atoms with Crippen LogP contribution in [0.15, 0.2) is 34.7 Å². The Hall–Kier alpha value is -0.890. The molecule has 0 unspecified atom stereocenters. The molecular weight excluding hydrogens is 190 g/mol. The molecule has 0 spiro atoms. The van der Waals surface area contributed by atoms with E-state index < -0.39 is 0 Å². The van der Waals surface area contributed by atoms with E-state index in [0.29, 0.717) is 5.03 Å². The van der Waals surface area contributed by atoms with E-state index in [-0.39, 0.29) is 0 Å². The molecule has 0 bridgehead atoms. The van der Waals surface area contributed by atoms with Gasteiger partial charge in [-0.2, -0.15) is 0 Å². The van der Waals surface area contributed by atoms with Crippen molar-refractivity contribution in [3.05, 3.63) is 40.9 Å². The van der Waals surface area contributed by atoms with Gasteiger partial charge in [0.25, 0.3) is 0 Å². The van der Waals surface area contributed by atoms with Crippen LogP contribution in [0.2, 0.25) is 0 Å². The summed E-state index contributed by atoms with van der Waals surface area (Å²) < 4.78 is 0. The number of hydrogen-bond donors (Lipinski definition) is 1. The molecule has 1 nitrogen and oxygen atoms in total. The van der Waals surface area contributed by atoms with E-state index in [9.17, 15) is 0 Å². The number of rotatable bonds is 2. The highest BCUT2D eigenvalue weighted by Gasteiger charge is 1.98. The summed E-state index contributed by atoms with van der Waals surface area (Å²) in [5, 5.41) is 0.641. The molecule has 0 radical (unpaired) electrons. The lowest BCUT2D eigenvalue weighted by Gasteiger charge is -2.04. The molecule has 0 heterocycles. The molecule has 0 saturated carbocycles. The summed E-state index contributed by atoms with van der Waals surface area (Å²) in [4.78, 5) is 1.19. The number of thioether (sulfide) groups is 1. The Labute approximate surface area is 91.4 Å². The Bertz CT molecular complexity index is 305. The molecule has 0 aromatic heterocycles. The largest absolute Gasteiger partial charge is 0.394 e.